The van der Waals surface area contributed by atoms with Crippen molar-refractivity contribution in [1.29, 1.82) is 0 Å². The van der Waals surface area contributed by atoms with Crippen LogP contribution in [0.4, 0.5) is 5.82 Å². The Morgan fingerprint density at radius 3 is 2.95 bits per heavy atom. The van der Waals surface area contributed by atoms with Crippen molar-refractivity contribution in [1.82, 2.24) is 20.1 Å². The zero-order valence-corrected chi connectivity index (χ0v) is 12.0. The van der Waals surface area contributed by atoms with Gasteiger partial charge in [-0.2, -0.15) is 0 Å². The number of hydrogen-bond donors (Lipinski definition) is 2. The maximum Gasteiger partial charge on any atom is 0.457 e. The highest BCUT2D eigenvalue weighted by atomic mass is 16.1. The Morgan fingerprint density at radius 1 is 1.36 bits per heavy atom. The Hall–Kier alpha value is -3.09. The normalized spacial score (nSPS) is 10.4. The largest absolute Gasteiger partial charge is 0.457 e. The molecule has 0 aliphatic rings. The molecule has 1 amide bonds. The standard InChI is InChI=1S/C15H14N6O/c1-2-14(22)19-13-9-12(11-5-3-6-16-10-11)18-15(20-13)21-8-4-7-17-21/h3-10H,2H2,1H3,(H,18,19,20,22)/p+1. The van der Waals surface area contributed by atoms with E-state index in [1.807, 2.05) is 18.2 Å². The molecule has 0 saturated carbocycles. The fourth-order valence-electron chi connectivity index (χ4n) is 1.92. The van der Waals surface area contributed by atoms with E-state index >= 15 is 0 Å². The number of aromatic nitrogens is 5. The summed E-state index contributed by atoms with van der Waals surface area (Å²) in [7, 11) is 0. The Labute approximate surface area is 127 Å². The van der Waals surface area contributed by atoms with Crippen molar-refractivity contribution in [3.05, 3.63) is 49.1 Å². The van der Waals surface area contributed by atoms with Crippen LogP contribution < -0.4 is 10.00 Å². The van der Waals surface area contributed by atoms with Crippen LogP contribution in [0.3, 0.4) is 0 Å². The first-order valence-electron chi connectivity index (χ1n) is 6.91. The molecule has 22 heavy (non-hydrogen) atoms. The molecular formula is C15H15N6O+. The third-order valence-corrected chi connectivity index (χ3v) is 3.02. The topological polar surface area (TPSA) is 87.4 Å². The van der Waals surface area contributed by atoms with Crippen LogP contribution in [0.15, 0.2) is 49.1 Å². The van der Waals surface area contributed by atoms with Gasteiger partial charge in [0.05, 0.1) is 6.20 Å². The first-order chi connectivity index (χ1) is 10.8. The predicted octanol–water partition coefficient (Wildman–Crippen LogP) is 1.49. The number of aromatic amines is 1. The summed E-state index contributed by atoms with van der Waals surface area (Å²) in [5.74, 6) is 0.800. The van der Waals surface area contributed by atoms with Crippen molar-refractivity contribution < 1.29 is 9.48 Å². The number of nitrogens with one attached hydrogen (secondary N) is 2. The number of carbonyl (C=O) groups excluding carboxylic acids is 1. The highest BCUT2D eigenvalue weighted by Gasteiger charge is 2.18. The Bertz CT molecular complexity index is 770. The number of rotatable bonds is 4. The molecule has 3 heterocycles. The molecule has 0 aromatic carbocycles. The molecule has 3 aromatic heterocycles. The van der Waals surface area contributed by atoms with Gasteiger partial charge in [0.2, 0.25) is 11.7 Å². The van der Waals surface area contributed by atoms with Gasteiger partial charge in [-0.05, 0) is 23.2 Å². The molecule has 0 bridgehead atoms. The van der Waals surface area contributed by atoms with E-state index in [1.54, 1.807) is 42.5 Å². The molecule has 0 unspecified atom stereocenters. The Balaban J connectivity index is 2.07. The van der Waals surface area contributed by atoms with Gasteiger partial charge >= 0.3 is 5.95 Å². The van der Waals surface area contributed by atoms with Gasteiger partial charge in [-0.1, -0.05) is 11.9 Å². The summed E-state index contributed by atoms with van der Waals surface area (Å²) in [5.41, 5.74) is 1.54. The zero-order chi connectivity index (χ0) is 15.4. The minimum atomic E-state index is -0.0988. The van der Waals surface area contributed by atoms with E-state index in [4.69, 9.17) is 0 Å². The van der Waals surface area contributed by atoms with Crippen LogP contribution in [0.25, 0.3) is 17.2 Å². The van der Waals surface area contributed by atoms with E-state index in [9.17, 15) is 4.79 Å². The summed E-state index contributed by atoms with van der Waals surface area (Å²) >= 11 is 0. The summed E-state index contributed by atoms with van der Waals surface area (Å²) in [4.78, 5) is 24.6. The maximum absolute atomic E-state index is 11.6. The van der Waals surface area contributed by atoms with Gasteiger partial charge in [-0.3, -0.25) is 20.2 Å². The third kappa shape index (κ3) is 2.98. The van der Waals surface area contributed by atoms with Crippen molar-refractivity contribution in [2.45, 2.75) is 13.3 Å². The molecule has 0 aliphatic carbocycles. The van der Waals surface area contributed by atoms with Crippen LogP contribution in [0.5, 0.6) is 0 Å². The lowest BCUT2D eigenvalue weighted by molar-refractivity contribution is -0.662. The second-order valence-electron chi connectivity index (χ2n) is 4.59. The van der Waals surface area contributed by atoms with E-state index in [2.05, 4.69) is 25.4 Å². The SMILES string of the molecule is CCC(=O)Nc1cc(-c2cccnc2)nc(-[n+]2ccc[nH]2)n1. The first kappa shape index (κ1) is 13.9. The van der Waals surface area contributed by atoms with Crippen LogP contribution >= 0.6 is 0 Å². The summed E-state index contributed by atoms with van der Waals surface area (Å²) in [5, 5.41) is 5.76. The summed E-state index contributed by atoms with van der Waals surface area (Å²) in [6, 6.07) is 7.31. The van der Waals surface area contributed by atoms with E-state index in [0.717, 1.165) is 5.56 Å². The van der Waals surface area contributed by atoms with Gasteiger partial charge < -0.3 is 0 Å². The maximum atomic E-state index is 11.6. The Kier molecular flexibility index (Phi) is 3.86. The number of hydrogen-bond acceptors (Lipinski definition) is 4. The molecule has 3 rings (SSSR count). The third-order valence-electron chi connectivity index (χ3n) is 3.02. The van der Waals surface area contributed by atoms with Crippen molar-refractivity contribution in [3.63, 3.8) is 0 Å². The van der Waals surface area contributed by atoms with Crippen molar-refractivity contribution in [3.8, 4) is 17.2 Å². The second kappa shape index (κ2) is 6.13. The molecule has 7 heteroatoms. The fraction of sp³-hybridized carbons (Fsp3) is 0.133. The fourth-order valence-corrected chi connectivity index (χ4v) is 1.92. The second-order valence-corrected chi connectivity index (χ2v) is 4.59. The van der Waals surface area contributed by atoms with Gasteiger partial charge in [0.15, 0.2) is 5.69 Å². The highest BCUT2D eigenvalue weighted by molar-refractivity contribution is 5.90. The van der Waals surface area contributed by atoms with Crippen LogP contribution in [-0.4, -0.2) is 26.0 Å². The van der Waals surface area contributed by atoms with E-state index < -0.39 is 0 Å². The Morgan fingerprint density at radius 2 is 2.27 bits per heavy atom. The molecular weight excluding hydrogens is 280 g/mol. The monoisotopic (exact) mass is 295 g/mol. The number of anilines is 1. The average Bonchev–Trinajstić information content (AvgIpc) is 3.10. The number of H-pyrrole nitrogens is 1. The molecule has 0 fully saturated rings. The van der Waals surface area contributed by atoms with Crippen LogP contribution in [-0.2, 0) is 4.79 Å². The van der Waals surface area contributed by atoms with Crippen molar-refractivity contribution >= 4 is 11.7 Å². The molecule has 0 radical (unpaired) electrons. The first-order valence-corrected chi connectivity index (χ1v) is 6.91. The smallest absolute Gasteiger partial charge is 0.297 e. The number of nitrogens with zero attached hydrogens (tertiary/aromatic N) is 4. The predicted molar refractivity (Wildman–Crippen MR) is 80.1 cm³/mol. The number of amides is 1. The van der Waals surface area contributed by atoms with Crippen LogP contribution in [0.2, 0.25) is 0 Å². The van der Waals surface area contributed by atoms with Gasteiger partial charge in [-0.25, -0.2) is 0 Å². The molecule has 0 aliphatic heterocycles. The summed E-state index contributed by atoms with van der Waals surface area (Å²) in [6.07, 6.45) is 7.37. The summed E-state index contributed by atoms with van der Waals surface area (Å²) < 4.78 is 1.67. The minimum Gasteiger partial charge on any atom is -0.297 e. The molecule has 2 N–H and O–H groups in total. The number of carbonyl (C=O) groups is 1. The van der Waals surface area contributed by atoms with E-state index in [0.29, 0.717) is 23.9 Å². The van der Waals surface area contributed by atoms with E-state index in [1.165, 1.54) is 0 Å². The average molecular weight is 295 g/mol. The van der Waals surface area contributed by atoms with Crippen molar-refractivity contribution in [2.75, 3.05) is 5.32 Å². The van der Waals surface area contributed by atoms with Gasteiger partial charge in [0.1, 0.15) is 0 Å². The van der Waals surface area contributed by atoms with Crippen LogP contribution in [0.1, 0.15) is 13.3 Å². The van der Waals surface area contributed by atoms with Gasteiger partial charge in [0, 0.05) is 36.6 Å². The molecule has 3 aromatic rings. The molecule has 0 saturated heterocycles. The molecule has 7 nitrogen and oxygen atoms in total. The molecule has 110 valence electrons. The highest BCUT2D eigenvalue weighted by Crippen LogP contribution is 2.18. The minimum absolute atomic E-state index is 0.0988. The number of pyridine rings is 1. The lowest BCUT2D eigenvalue weighted by Crippen LogP contribution is -2.34. The lowest BCUT2D eigenvalue weighted by atomic mass is 10.2. The zero-order valence-electron chi connectivity index (χ0n) is 12.0. The van der Waals surface area contributed by atoms with Gasteiger partial charge in [-0.15, -0.1) is 4.68 Å². The quantitative estimate of drug-likeness (QED) is 0.714. The van der Waals surface area contributed by atoms with Crippen molar-refractivity contribution in [2.24, 2.45) is 0 Å². The molecule has 0 atom stereocenters. The molecule has 0 spiro atoms. The van der Waals surface area contributed by atoms with E-state index in [-0.39, 0.29) is 5.91 Å². The van der Waals surface area contributed by atoms with Gasteiger partial charge in [0.25, 0.3) is 0 Å². The van der Waals surface area contributed by atoms with Crippen LogP contribution in [0, 0.1) is 0 Å². The lowest BCUT2D eigenvalue weighted by Gasteiger charge is -2.02. The summed E-state index contributed by atoms with van der Waals surface area (Å²) in [6.45, 7) is 1.79.